The molecule has 3 nitrogen and oxygen atoms in total. The van der Waals surface area contributed by atoms with Crippen molar-refractivity contribution in [1.29, 1.82) is 0 Å². The van der Waals surface area contributed by atoms with Crippen molar-refractivity contribution in [3.8, 4) is 5.75 Å². The van der Waals surface area contributed by atoms with Crippen LogP contribution in [0.25, 0.3) is 0 Å². The SMILES string of the molecule is O=C(Nc1ccc(OCC(F)(F)F)cc1)c1cc(F)c(Cl)cc1Cl. The van der Waals surface area contributed by atoms with Gasteiger partial charge in [-0.05, 0) is 36.4 Å². The van der Waals surface area contributed by atoms with E-state index in [4.69, 9.17) is 23.2 Å². The van der Waals surface area contributed by atoms with Crippen LogP contribution in [0, 0.1) is 5.82 Å². The van der Waals surface area contributed by atoms with Crippen LogP contribution in [0.3, 0.4) is 0 Å². The molecule has 2 rings (SSSR count). The Balaban J connectivity index is 2.06. The maximum Gasteiger partial charge on any atom is 0.422 e. The zero-order valence-corrected chi connectivity index (χ0v) is 13.3. The van der Waals surface area contributed by atoms with Crippen LogP contribution in [0.4, 0.5) is 23.2 Å². The molecule has 2 aromatic rings. The zero-order valence-electron chi connectivity index (χ0n) is 11.8. The summed E-state index contributed by atoms with van der Waals surface area (Å²) in [7, 11) is 0. The average Bonchev–Trinajstić information content (AvgIpc) is 2.49. The van der Waals surface area contributed by atoms with E-state index in [2.05, 4.69) is 10.1 Å². The van der Waals surface area contributed by atoms with Gasteiger partial charge in [0.25, 0.3) is 5.91 Å². The van der Waals surface area contributed by atoms with E-state index in [1.165, 1.54) is 24.3 Å². The average molecular weight is 382 g/mol. The van der Waals surface area contributed by atoms with Crippen molar-refractivity contribution in [1.82, 2.24) is 0 Å². The van der Waals surface area contributed by atoms with Crippen LogP contribution in [0.1, 0.15) is 10.4 Å². The summed E-state index contributed by atoms with van der Waals surface area (Å²) in [6.07, 6.45) is -4.44. The first-order valence-corrected chi connectivity index (χ1v) is 7.17. The van der Waals surface area contributed by atoms with Crippen molar-refractivity contribution in [2.75, 3.05) is 11.9 Å². The molecule has 0 aliphatic rings. The summed E-state index contributed by atoms with van der Waals surface area (Å²) < 4.78 is 54.1. The minimum Gasteiger partial charge on any atom is -0.484 e. The Kier molecular flexibility index (Phi) is 5.56. The Hall–Kier alpha value is -1.99. The first-order valence-electron chi connectivity index (χ1n) is 6.41. The third-order valence-corrected chi connectivity index (χ3v) is 3.37. The van der Waals surface area contributed by atoms with E-state index in [1.807, 2.05) is 0 Å². The number of amides is 1. The van der Waals surface area contributed by atoms with Crippen molar-refractivity contribution < 1.29 is 27.1 Å². The number of anilines is 1. The van der Waals surface area contributed by atoms with Gasteiger partial charge in [-0.1, -0.05) is 23.2 Å². The second-order valence-electron chi connectivity index (χ2n) is 4.63. The van der Waals surface area contributed by atoms with Gasteiger partial charge in [0.2, 0.25) is 0 Å². The molecule has 0 fully saturated rings. The molecule has 128 valence electrons. The van der Waals surface area contributed by atoms with Gasteiger partial charge < -0.3 is 10.1 Å². The number of alkyl halides is 3. The molecule has 0 aliphatic heterocycles. The van der Waals surface area contributed by atoms with Crippen LogP contribution in [-0.4, -0.2) is 18.7 Å². The van der Waals surface area contributed by atoms with Crippen LogP contribution < -0.4 is 10.1 Å². The molecule has 0 aliphatic carbocycles. The summed E-state index contributed by atoms with van der Waals surface area (Å²) in [6, 6.07) is 7.17. The van der Waals surface area contributed by atoms with Crippen LogP contribution in [0.2, 0.25) is 10.0 Å². The molecule has 9 heteroatoms. The highest BCUT2D eigenvalue weighted by Gasteiger charge is 2.28. The number of benzene rings is 2. The summed E-state index contributed by atoms with van der Waals surface area (Å²) in [5, 5.41) is 2.18. The van der Waals surface area contributed by atoms with Gasteiger partial charge in [0.05, 0.1) is 15.6 Å². The Morgan fingerprint density at radius 1 is 1.08 bits per heavy atom. The summed E-state index contributed by atoms with van der Waals surface area (Å²) >= 11 is 11.4. The third kappa shape index (κ3) is 5.01. The molecule has 0 atom stereocenters. The van der Waals surface area contributed by atoms with E-state index < -0.39 is 24.5 Å². The van der Waals surface area contributed by atoms with Crippen molar-refractivity contribution in [3.05, 3.63) is 57.8 Å². The second-order valence-corrected chi connectivity index (χ2v) is 5.44. The first-order chi connectivity index (χ1) is 11.2. The summed E-state index contributed by atoms with van der Waals surface area (Å²) in [5.74, 6) is -1.51. The number of hydrogen-bond acceptors (Lipinski definition) is 2. The Morgan fingerprint density at radius 2 is 1.71 bits per heavy atom. The summed E-state index contributed by atoms with van der Waals surface area (Å²) in [6.45, 7) is -1.42. The minimum absolute atomic E-state index is 0.0131. The van der Waals surface area contributed by atoms with Crippen LogP contribution in [0.15, 0.2) is 36.4 Å². The molecular weight excluding hydrogens is 373 g/mol. The molecule has 1 N–H and O–H groups in total. The lowest BCUT2D eigenvalue weighted by molar-refractivity contribution is -0.153. The van der Waals surface area contributed by atoms with Crippen molar-refractivity contribution >= 4 is 34.8 Å². The van der Waals surface area contributed by atoms with E-state index in [9.17, 15) is 22.4 Å². The van der Waals surface area contributed by atoms with Gasteiger partial charge in [0, 0.05) is 5.69 Å². The molecule has 0 spiro atoms. The van der Waals surface area contributed by atoms with Crippen molar-refractivity contribution in [2.45, 2.75) is 6.18 Å². The van der Waals surface area contributed by atoms with E-state index in [0.717, 1.165) is 12.1 Å². The smallest absolute Gasteiger partial charge is 0.422 e. The number of ether oxygens (including phenoxy) is 1. The van der Waals surface area contributed by atoms with Crippen molar-refractivity contribution in [3.63, 3.8) is 0 Å². The fraction of sp³-hybridized carbons (Fsp3) is 0.133. The number of halogens is 6. The fourth-order valence-electron chi connectivity index (χ4n) is 1.69. The lowest BCUT2D eigenvalue weighted by Crippen LogP contribution is -2.19. The Bertz CT molecular complexity index is 748. The zero-order chi connectivity index (χ0) is 17.9. The molecule has 0 saturated carbocycles. The maximum absolute atomic E-state index is 13.4. The van der Waals surface area contributed by atoms with E-state index in [0.29, 0.717) is 0 Å². The van der Waals surface area contributed by atoms with Gasteiger partial charge in [0.1, 0.15) is 11.6 Å². The highest BCUT2D eigenvalue weighted by molar-refractivity contribution is 6.37. The normalized spacial score (nSPS) is 11.2. The van der Waals surface area contributed by atoms with E-state index in [-0.39, 0.29) is 27.0 Å². The minimum atomic E-state index is -4.44. The number of carbonyl (C=O) groups is 1. The van der Waals surface area contributed by atoms with E-state index >= 15 is 0 Å². The molecule has 1 amide bonds. The number of hydrogen-bond donors (Lipinski definition) is 1. The number of carbonyl (C=O) groups excluding carboxylic acids is 1. The molecule has 0 saturated heterocycles. The van der Waals surface area contributed by atoms with E-state index in [1.54, 1.807) is 0 Å². The molecular formula is C15H9Cl2F4NO2. The molecule has 2 aromatic carbocycles. The van der Waals surface area contributed by atoms with Gasteiger partial charge in [-0.2, -0.15) is 13.2 Å². The number of nitrogens with one attached hydrogen (secondary N) is 1. The molecule has 0 heterocycles. The third-order valence-electron chi connectivity index (χ3n) is 2.77. The Morgan fingerprint density at radius 3 is 2.29 bits per heavy atom. The molecule has 0 aromatic heterocycles. The van der Waals surface area contributed by atoms with Gasteiger partial charge >= 0.3 is 6.18 Å². The quantitative estimate of drug-likeness (QED) is 0.574. The van der Waals surface area contributed by atoms with Crippen LogP contribution >= 0.6 is 23.2 Å². The fourth-order valence-corrected chi connectivity index (χ4v) is 2.16. The largest absolute Gasteiger partial charge is 0.484 e. The molecule has 24 heavy (non-hydrogen) atoms. The van der Waals surface area contributed by atoms with Crippen LogP contribution in [0.5, 0.6) is 5.75 Å². The Labute approximate surface area is 144 Å². The van der Waals surface area contributed by atoms with Gasteiger partial charge in [-0.3, -0.25) is 4.79 Å². The van der Waals surface area contributed by atoms with Gasteiger partial charge in [-0.15, -0.1) is 0 Å². The lowest BCUT2D eigenvalue weighted by Gasteiger charge is -2.10. The highest BCUT2D eigenvalue weighted by Crippen LogP contribution is 2.26. The first kappa shape index (κ1) is 18.4. The molecule has 0 bridgehead atoms. The summed E-state index contributed by atoms with van der Waals surface area (Å²) in [5.41, 5.74) is 0.141. The maximum atomic E-state index is 13.4. The predicted molar refractivity (Wildman–Crippen MR) is 82.4 cm³/mol. The standard InChI is InChI=1S/C15H9Cl2F4NO2/c16-11-6-12(17)13(18)5-10(11)14(23)22-8-1-3-9(4-2-8)24-7-15(19,20)21/h1-6H,7H2,(H,22,23). The summed E-state index contributed by atoms with van der Waals surface area (Å²) in [4.78, 5) is 12.1. The monoisotopic (exact) mass is 381 g/mol. The lowest BCUT2D eigenvalue weighted by atomic mass is 10.2. The second kappa shape index (κ2) is 7.27. The molecule has 0 unspecified atom stereocenters. The van der Waals surface area contributed by atoms with Crippen LogP contribution in [-0.2, 0) is 0 Å². The topological polar surface area (TPSA) is 38.3 Å². The number of rotatable bonds is 4. The predicted octanol–water partition coefficient (Wildman–Crippen LogP) is 5.33. The van der Waals surface area contributed by atoms with Gasteiger partial charge in [-0.25, -0.2) is 4.39 Å². The highest BCUT2D eigenvalue weighted by atomic mass is 35.5. The molecule has 0 radical (unpaired) electrons. The van der Waals surface area contributed by atoms with Crippen molar-refractivity contribution in [2.24, 2.45) is 0 Å². The van der Waals surface area contributed by atoms with Gasteiger partial charge in [0.15, 0.2) is 6.61 Å².